The molecule has 1 saturated heterocycles. The number of nitrogens with one attached hydrogen (secondary N) is 1. The molecular formula is C22H23N7O. The third kappa shape index (κ3) is 3.14. The van der Waals surface area contributed by atoms with Crippen molar-refractivity contribution in [2.24, 2.45) is 7.05 Å². The molecule has 1 aliphatic rings. The number of aromatic nitrogens is 6. The number of hydrogen-bond acceptors (Lipinski definition) is 5. The standard InChI is InChI=1S/C22H23N7O/c1-14-25-11-19(28(14)2)21-20(23-7-8-24-21)16-4-3-9-29(12-16)22(30)15-5-6-17-18(10-15)27-13-26-17/h5-8,10-11,13,16H,3-4,9,12H2,1-2H3,(H,26,27)/t16-/m1/s1. The second kappa shape index (κ2) is 7.37. The van der Waals surface area contributed by atoms with Gasteiger partial charge >= 0.3 is 0 Å². The van der Waals surface area contributed by atoms with Crippen LogP contribution in [0.3, 0.4) is 0 Å². The van der Waals surface area contributed by atoms with Gasteiger partial charge in [0, 0.05) is 44.0 Å². The minimum Gasteiger partial charge on any atom is -0.345 e. The fourth-order valence-corrected chi connectivity index (χ4v) is 4.20. The normalized spacial score (nSPS) is 16.9. The number of imidazole rings is 2. The smallest absolute Gasteiger partial charge is 0.253 e. The molecule has 1 N–H and O–H groups in total. The highest BCUT2D eigenvalue weighted by Gasteiger charge is 2.29. The molecule has 0 unspecified atom stereocenters. The number of carbonyl (C=O) groups excluding carboxylic acids is 1. The molecule has 30 heavy (non-hydrogen) atoms. The van der Waals surface area contributed by atoms with Crippen molar-refractivity contribution in [2.75, 3.05) is 13.1 Å². The summed E-state index contributed by atoms with van der Waals surface area (Å²) in [5.41, 5.74) is 5.13. The molecule has 4 heterocycles. The van der Waals surface area contributed by atoms with Gasteiger partial charge < -0.3 is 14.5 Å². The van der Waals surface area contributed by atoms with E-state index in [9.17, 15) is 4.79 Å². The van der Waals surface area contributed by atoms with Crippen LogP contribution in [0.4, 0.5) is 0 Å². The van der Waals surface area contributed by atoms with E-state index in [4.69, 9.17) is 0 Å². The summed E-state index contributed by atoms with van der Waals surface area (Å²) >= 11 is 0. The molecule has 3 aromatic heterocycles. The van der Waals surface area contributed by atoms with Gasteiger partial charge in [0.15, 0.2) is 0 Å². The van der Waals surface area contributed by atoms with Gasteiger partial charge in [0.1, 0.15) is 11.5 Å². The maximum Gasteiger partial charge on any atom is 0.253 e. The summed E-state index contributed by atoms with van der Waals surface area (Å²) in [7, 11) is 1.98. The molecule has 0 radical (unpaired) electrons. The molecule has 152 valence electrons. The van der Waals surface area contributed by atoms with Gasteiger partial charge in [-0.2, -0.15) is 0 Å². The van der Waals surface area contributed by atoms with E-state index in [1.165, 1.54) is 0 Å². The lowest BCUT2D eigenvalue weighted by Gasteiger charge is -2.33. The number of benzene rings is 1. The van der Waals surface area contributed by atoms with Crippen LogP contribution in [0.2, 0.25) is 0 Å². The quantitative estimate of drug-likeness (QED) is 0.569. The largest absolute Gasteiger partial charge is 0.345 e. The molecule has 8 nitrogen and oxygen atoms in total. The Morgan fingerprint density at radius 3 is 2.87 bits per heavy atom. The molecular weight excluding hydrogens is 378 g/mol. The lowest BCUT2D eigenvalue weighted by atomic mass is 9.92. The van der Waals surface area contributed by atoms with Crippen LogP contribution in [-0.2, 0) is 7.05 Å². The van der Waals surface area contributed by atoms with Crippen LogP contribution >= 0.6 is 0 Å². The van der Waals surface area contributed by atoms with Crippen LogP contribution in [0.25, 0.3) is 22.4 Å². The van der Waals surface area contributed by atoms with E-state index < -0.39 is 0 Å². The summed E-state index contributed by atoms with van der Waals surface area (Å²) in [5.74, 6) is 1.10. The van der Waals surface area contributed by atoms with Crippen LogP contribution in [-0.4, -0.2) is 53.4 Å². The van der Waals surface area contributed by atoms with Crippen molar-refractivity contribution < 1.29 is 4.79 Å². The van der Waals surface area contributed by atoms with Gasteiger partial charge in [-0.25, -0.2) is 9.97 Å². The van der Waals surface area contributed by atoms with E-state index >= 15 is 0 Å². The summed E-state index contributed by atoms with van der Waals surface area (Å²) in [6.45, 7) is 3.34. The van der Waals surface area contributed by atoms with E-state index in [1.54, 1.807) is 18.7 Å². The Kier molecular flexibility index (Phi) is 4.54. The molecule has 1 amide bonds. The molecule has 1 atom stereocenters. The highest BCUT2D eigenvalue weighted by atomic mass is 16.2. The summed E-state index contributed by atoms with van der Waals surface area (Å²) in [4.78, 5) is 36.1. The lowest BCUT2D eigenvalue weighted by Crippen LogP contribution is -2.39. The molecule has 0 aliphatic carbocycles. The Balaban J connectivity index is 1.43. The number of hydrogen-bond donors (Lipinski definition) is 1. The van der Waals surface area contributed by atoms with Crippen molar-refractivity contribution in [1.29, 1.82) is 0 Å². The molecule has 4 aromatic rings. The number of fused-ring (bicyclic) bond motifs is 1. The van der Waals surface area contributed by atoms with Gasteiger partial charge in [-0.15, -0.1) is 0 Å². The number of amides is 1. The van der Waals surface area contributed by atoms with Gasteiger partial charge in [0.25, 0.3) is 5.91 Å². The van der Waals surface area contributed by atoms with Gasteiger partial charge in [0.05, 0.1) is 34.9 Å². The van der Waals surface area contributed by atoms with Crippen molar-refractivity contribution in [3.8, 4) is 11.4 Å². The monoisotopic (exact) mass is 401 g/mol. The van der Waals surface area contributed by atoms with Gasteiger partial charge in [-0.05, 0) is 38.0 Å². The van der Waals surface area contributed by atoms with E-state index in [0.29, 0.717) is 12.1 Å². The molecule has 0 saturated carbocycles. The maximum atomic E-state index is 13.2. The second-order valence-electron chi connectivity index (χ2n) is 7.76. The number of carbonyl (C=O) groups is 1. The molecule has 1 aromatic carbocycles. The van der Waals surface area contributed by atoms with Crippen LogP contribution in [0.15, 0.2) is 43.1 Å². The van der Waals surface area contributed by atoms with Crippen molar-refractivity contribution in [1.82, 2.24) is 34.4 Å². The zero-order chi connectivity index (χ0) is 20.7. The SMILES string of the molecule is Cc1ncc(-c2nccnc2[C@@H]2CCCN(C(=O)c3ccc4nc[nH]c4c3)C2)n1C. The van der Waals surface area contributed by atoms with E-state index in [2.05, 4.69) is 24.9 Å². The first-order valence-electron chi connectivity index (χ1n) is 10.1. The highest BCUT2D eigenvalue weighted by molar-refractivity contribution is 5.97. The van der Waals surface area contributed by atoms with Crippen LogP contribution in [0, 0.1) is 6.92 Å². The third-order valence-corrected chi connectivity index (χ3v) is 5.95. The number of aryl methyl sites for hydroxylation is 1. The number of nitrogens with zero attached hydrogens (tertiary/aromatic N) is 6. The molecule has 1 fully saturated rings. The maximum absolute atomic E-state index is 13.2. The Morgan fingerprint density at radius 2 is 2.03 bits per heavy atom. The average Bonchev–Trinajstić information content (AvgIpc) is 3.39. The first-order valence-corrected chi connectivity index (χ1v) is 10.1. The third-order valence-electron chi connectivity index (χ3n) is 5.95. The Bertz CT molecular complexity index is 1230. The summed E-state index contributed by atoms with van der Waals surface area (Å²) < 4.78 is 2.03. The fourth-order valence-electron chi connectivity index (χ4n) is 4.20. The number of piperidine rings is 1. The first kappa shape index (κ1) is 18.5. The molecule has 1 aliphatic heterocycles. The minimum absolute atomic E-state index is 0.0398. The van der Waals surface area contributed by atoms with Crippen LogP contribution < -0.4 is 0 Å². The number of likely N-dealkylation sites (tertiary alicyclic amines) is 1. The lowest BCUT2D eigenvalue weighted by molar-refractivity contribution is 0.0706. The van der Waals surface area contributed by atoms with Gasteiger partial charge in [-0.1, -0.05) is 0 Å². The predicted molar refractivity (Wildman–Crippen MR) is 113 cm³/mol. The summed E-state index contributed by atoms with van der Waals surface area (Å²) in [6.07, 6.45) is 8.84. The van der Waals surface area contributed by atoms with Gasteiger partial charge in [0.2, 0.25) is 0 Å². The van der Waals surface area contributed by atoms with Crippen LogP contribution in [0.1, 0.15) is 40.6 Å². The summed E-state index contributed by atoms with van der Waals surface area (Å²) in [5, 5.41) is 0. The van der Waals surface area contributed by atoms with E-state index in [0.717, 1.165) is 53.3 Å². The van der Waals surface area contributed by atoms with E-state index in [-0.39, 0.29) is 11.8 Å². The van der Waals surface area contributed by atoms with E-state index in [1.807, 2.05) is 47.8 Å². The Labute approximate surface area is 174 Å². The zero-order valence-corrected chi connectivity index (χ0v) is 17.0. The van der Waals surface area contributed by atoms with Crippen molar-refractivity contribution >= 4 is 16.9 Å². The molecule has 0 bridgehead atoms. The highest BCUT2D eigenvalue weighted by Crippen LogP contribution is 2.32. The van der Waals surface area contributed by atoms with Crippen molar-refractivity contribution in [3.05, 3.63) is 60.2 Å². The number of H-pyrrole nitrogens is 1. The molecule has 8 heteroatoms. The Morgan fingerprint density at radius 1 is 1.17 bits per heavy atom. The Hall–Kier alpha value is -3.55. The molecule has 5 rings (SSSR count). The molecule has 0 spiro atoms. The first-order chi connectivity index (χ1) is 14.6. The van der Waals surface area contributed by atoms with Gasteiger partial charge in [-0.3, -0.25) is 14.8 Å². The number of aromatic amines is 1. The topological polar surface area (TPSA) is 92.6 Å². The average molecular weight is 401 g/mol. The second-order valence-corrected chi connectivity index (χ2v) is 7.76. The zero-order valence-electron chi connectivity index (χ0n) is 17.0. The predicted octanol–water partition coefficient (Wildman–Crippen LogP) is 3.08. The van der Waals surface area contributed by atoms with Crippen molar-refractivity contribution in [2.45, 2.75) is 25.7 Å². The van der Waals surface area contributed by atoms with Crippen molar-refractivity contribution in [3.63, 3.8) is 0 Å². The summed E-state index contributed by atoms with van der Waals surface area (Å²) in [6, 6.07) is 5.60. The number of rotatable bonds is 3. The minimum atomic E-state index is 0.0398. The van der Waals surface area contributed by atoms with Crippen LogP contribution in [0.5, 0.6) is 0 Å². The fraction of sp³-hybridized carbons (Fsp3) is 0.318.